The van der Waals surface area contributed by atoms with Gasteiger partial charge in [0.25, 0.3) is 0 Å². The largest absolute Gasteiger partial charge is 0.393 e. The predicted octanol–water partition coefficient (Wildman–Crippen LogP) is 2.02. The van der Waals surface area contributed by atoms with Crippen LogP contribution >= 0.6 is 11.8 Å². The molecule has 0 aromatic carbocycles. The van der Waals surface area contributed by atoms with Crippen LogP contribution in [-0.4, -0.2) is 31.8 Å². The number of hydrogen-bond donors (Lipinski definition) is 1. The fourth-order valence-electron chi connectivity index (χ4n) is 2.77. The highest BCUT2D eigenvalue weighted by Gasteiger charge is 2.21. The molecule has 1 fully saturated rings. The van der Waals surface area contributed by atoms with Gasteiger partial charge in [-0.1, -0.05) is 6.42 Å². The third kappa shape index (κ3) is 2.68. The first-order valence-electron chi connectivity index (χ1n) is 6.66. The first kappa shape index (κ1) is 11.6. The summed E-state index contributed by atoms with van der Waals surface area (Å²) in [6.07, 6.45) is 8.85. The Morgan fingerprint density at radius 2 is 2.35 bits per heavy atom. The van der Waals surface area contributed by atoms with Gasteiger partial charge < -0.3 is 9.67 Å². The van der Waals surface area contributed by atoms with Crippen LogP contribution in [0.5, 0.6) is 0 Å². The van der Waals surface area contributed by atoms with Crippen LogP contribution < -0.4 is 0 Å². The number of thioether (sulfide) groups is 1. The number of imidazole rings is 1. The van der Waals surface area contributed by atoms with E-state index in [1.54, 1.807) is 0 Å². The molecular formula is C13H20N2OS. The van der Waals surface area contributed by atoms with Gasteiger partial charge in [-0.25, -0.2) is 4.98 Å². The van der Waals surface area contributed by atoms with Crippen LogP contribution in [0, 0.1) is 0 Å². The van der Waals surface area contributed by atoms with Crippen molar-refractivity contribution in [2.75, 3.05) is 5.75 Å². The fraction of sp³-hybridized carbons (Fsp3) is 0.769. The highest BCUT2D eigenvalue weighted by Crippen LogP contribution is 2.28. The van der Waals surface area contributed by atoms with Crippen LogP contribution in [0.3, 0.4) is 0 Å². The first-order chi connectivity index (χ1) is 8.31. The summed E-state index contributed by atoms with van der Waals surface area (Å²) in [6, 6.07) is 0. The minimum atomic E-state index is -0.179. The molecule has 2 atom stereocenters. The van der Waals surface area contributed by atoms with Crippen LogP contribution in [0.4, 0.5) is 0 Å². The van der Waals surface area contributed by atoms with Gasteiger partial charge in [-0.3, -0.25) is 0 Å². The molecule has 94 valence electrons. The lowest BCUT2D eigenvalue weighted by Crippen LogP contribution is -2.22. The first-order valence-corrected chi connectivity index (χ1v) is 7.71. The smallest absolute Gasteiger partial charge is 0.111 e. The van der Waals surface area contributed by atoms with Gasteiger partial charge in [0, 0.05) is 30.8 Å². The Balaban J connectivity index is 1.67. The third-order valence-corrected chi connectivity index (χ3v) is 5.14. The Bertz CT molecular complexity index is 385. The molecule has 0 bridgehead atoms. The number of rotatable bonds is 2. The predicted molar refractivity (Wildman–Crippen MR) is 70.4 cm³/mol. The van der Waals surface area contributed by atoms with E-state index in [1.165, 1.54) is 30.7 Å². The van der Waals surface area contributed by atoms with E-state index in [2.05, 4.69) is 27.5 Å². The lowest BCUT2D eigenvalue weighted by atomic mass is 10.1. The fourth-order valence-corrected chi connectivity index (χ4v) is 4.10. The van der Waals surface area contributed by atoms with E-state index in [4.69, 9.17) is 0 Å². The number of aliphatic hydroxyl groups is 1. The van der Waals surface area contributed by atoms with E-state index >= 15 is 0 Å². The molecule has 1 N–H and O–H groups in total. The van der Waals surface area contributed by atoms with Crippen molar-refractivity contribution in [2.24, 2.45) is 0 Å². The second-order valence-corrected chi connectivity index (χ2v) is 6.59. The van der Waals surface area contributed by atoms with Crippen LogP contribution in [0.15, 0.2) is 6.20 Å². The van der Waals surface area contributed by atoms with E-state index in [-0.39, 0.29) is 6.10 Å². The maximum Gasteiger partial charge on any atom is 0.111 e. The number of fused-ring (bicyclic) bond motifs is 1. The number of aliphatic hydroxyl groups excluding tert-OH is 1. The van der Waals surface area contributed by atoms with Gasteiger partial charge in [0.2, 0.25) is 0 Å². The van der Waals surface area contributed by atoms with E-state index in [1.807, 2.05) is 0 Å². The van der Waals surface area contributed by atoms with Crippen molar-refractivity contribution >= 4 is 11.8 Å². The molecule has 0 saturated carbocycles. The molecule has 2 unspecified atom stereocenters. The maximum absolute atomic E-state index is 9.63. The third-order valence-electron chi connectivity index (χ3n) is 3.74. The average Bonchev–Trinajstić information content (AvgIpc) is 2.71. The van der Waals surface area contributed by atoms with Crippen LogP contribution in [0.25, 0.3) is 0 Å². The maximum atomic E-state index is 9.63. The molecule has 3 nitrogen and oxygen atoms in total. The molecule has 1 aromatic rings. The van der Waals surface area contributed by atoms with E-state index in [9.17, 15) is 5.11 Å². The van der Waals surface area contributed by atoms with E-state index < -0.39 is 0 Å². The molecule has 0 radical (unpaired) electrons. The van der Waals surface area contributed by atoms with Crippen molar-refractivity contribution in [3.8, 4) is 0 Å². The summed E-state index contributed by atoms with van der Waals surface area (Å²) in [6.45, 7) is 0.932. The van der Waals surface area contributed by atoms with Crippen molar-refractivity contribution in [1.29, 1.82) is 0 Å². The molecule has 2 aliphatic heterocycles. The Morgan fingerprint density at radius 1 is 1.41 bits per heavy atom. The van der Waals surface area contributed by atoms with Gasteiger partial charge in [0.05, 0.1) is 11.8 Å². The summed E-state index contributed by atoms with van der Waals surface area (Å²) in [5.74, 6) is 2.40. The molecule has 17 heavy (non-hydrogen) atoms. The van der Waals surface area contributed by atoms with Gasteiger partial charge in [-0.2, -0.15) is 11.8 Å². The quantitative estimate of drug-likeness (QED) is 0.875. The van der Waals surface area contributed by atoms with Gasteiger partial charge in [-0.05, 0) is 25.0 Å². The zero-order valence-electron chi connectivity index (χ0n) is 10.1. The minimum Gasteiger partial charge on any atom is -0.393 e. The molecule has 0 amide bonds. The van der Waals surface area contributed by atoms with Crippen molar-refractivity contribution in [3.63, 3.8) is 0 Å². The lowest BCUT2D eigenvalue weighted by Gasteiger charge is -2.19. The summed E-state index contributed by atoms with van der Waals surface area (Å²) in [4.78, 5) is 4.68. The molecule has 0 spiro atoms. The van der Waals surface area contributed by atoms with Gasteiger partial charge in [-0.15, -0.1) is 0 Å². The average molecular weight is 252 g/mol. The molecule has 1 aromatic heterocycles. The Kier molecular flexibility index (Phi) is 3.43. The standard InChI is InChI=1S/C13H20N2OS/c16-11-4-5-15-9-10(14-13(15)8-11)7-12-3-1-2-6-17-12/h9,11-12,16H,1-8H2. The molecule has 3 heterocycles. The van der Waals surface area contributed by atoms with Crippen molar-refractivity contribution in [2.45, 2.75) is 56.4 Å². The second-order valence-electron chi connectivity index (χ2n) is 5.18. The number of hydrogen-bond acceptors (Lipinski definition) is 3. The number of aromatic nitrogens is 2. The van der Waals surface area contributed by atoms with Crippen molar-refractivity contribution in [3.05, 3.63) is 17.7 Å². The van der Waals surface area contributed by atoms with Crippen LogP contribution in [0.2, 0.25) is 0 Å². The highest BCUT2D eigenvalue weighted by molar-refractivity contribution is 7.99. The topological polar surface area (TPSA) is 38.0 Å². The van der Waals surface area contributed by atoms with E-state index in [0.29, 0.717) is 0 Å². The zero-order chi connectivity index (χ0) is 11.7. The molecule has 2 aliphatic rings. The lowest BCUT2D eigenvalue weighted by molar-refractivity contribution is 0.141. The van der Waals surface area contributed by atoms with E-state index in [0.717, 1.165) is 36.9 Å². The summed E-state index contributed by atoms with van der Waals surface area (Å²) in [5, 5.41) is 10.4. The molecule has 4 heteroatoms. The van der Waals surface area contributed by atoms with Gasteiger partial charge in [0.15, 0.2) is 0 Å². The molecule has 1 saturated heterocycles. The Labute approximate surface area is 107 Å². The molecular weight excluding hydrogens is 232 g/mol. The van der Waals surface area contributed by atoms with Gasteiger partial charge in [0.1, 0.15) is 5.82 Å². The summed E-state index contributed by atoms with van der Waals surface area (Å²) >= 11 is 2.11. The summed E-state index contributed by atoms with van der Waals surface area (Å²) in [5.41, 5.74) is 1.23. The van der Waals surface area contributed by atoms with Crippen molar-refractivity contribution in [1.82, 2.24) is 9.55 Å². The van der Waals surface area contributed by atoms with Crippen molar-refractivity contribution < 1.29 is 5.11 Å². The highest BCUT2D eigenvalue weighted by atomic mass is 32.2. The minimum absolute atomic E-state index is 0.179. The Morgan fingerprint density at radius 3 is 3.18 bits per heavy atom. The van der Waals surface area contributed by atoms with Crippen LogP contribution in [-0.2, 0) is 19.4 Å². The van der Waals surface area contributed by atoms with Crippen LogP contribution in [0.1, 0.15) is 37.2 Å². The number of nitrogens with zero attached hydrogens (tertiary/aromatic N) is 2. The second kappa shape index (κ2) is 5.02. The molecule has 0 aliphatic carbocycles. The summed E-state index contributed by atoms with van der Waals surface area (Å²) < 4.78 is 2.23. The monoisotopic (exact) mass is 252 g/mol. The Hall–Kier alpha value is -0.480. The summed E-state index contributed by atoms with van der Waals surface area (Å²) in [7, 11) is 0. The normalized spacial score (nSPS) is 29.0. The molecule has 3 rings (SSSR count). The number of aryl methyl sites for hydroxylation is 1. The van der Waals surface area contributed by atoms with Gasteiger partial charge >= 0.3 is 0 Å². The SMILES string of the molecule is OC1CCn2cc(CC3CCCCS3)nc2C1. The zero-order valence-corrected chi connectivity index (χ0v) is 11.0.